The summed E-state index contributed by atoms with van der Waals surface area (Å²) >= 11 is 11.9. The largest absolute Gasteiger partial charge is 0.416 e. The maximum absolute atomic E-state index is 12.8. The molecule has 0 aliphatic carbocycles. The first-order valence-corrected chi connectivity index (χ1v) is 8.50. The Kier molecular flexibility index (Phi) is 5.40. The number of nitrogens with zero attached hydrogens (tertiary/aromatic N) is 2. The summed E-state index contributed by atoms with van der Waals surface area (Å²) < 4.78 is 76.9. The lowest BCUT2D eigenvalue weighted by Crippen LogP contribution is -2.05. The third kappa shape index (κ3) is 4.56. The zero-order valence-electron chi connectivity index (χ0n) is 14.0. The van der Waals surface area contributed by atoms with Gasteiger partial charge in [-0.25, -0.2) is 9.97 Å². The van der Waals surface area contributed by atoms with E-state index in [-0.39, 0.29) is 38.5 Å². The number of aromatic nitrogens is 2. The van der Waals surface area contributed by atoms with E-state index >= 15 is 0 Å². The Morgan fingerprint density at radius 3 is 1.34 bits per heavy atom. The summed E-state index contributed by atoms with van der Waals surface area (Å²) in [5, 5.41) is -0.468. The Bertz CT molecular complexity index is 998. The Morgan fingerprint density at radius 2 is 1.03 bits per heavy atom. The summed E-state index contributed by atoms with van der Waals surface area (Å²) in [6.45, 7) is 0. The van der Waals surface area contributed by atoms with Crippen molar-refractivity contribution < 1.29 is 26.3 Å². The topological polar surface area (TPSA) is 51.8 Å². The van der Waals surface area contributed by atoms with Gasteiger partial charge in [0.1, 0.15) is 0 Å². The third-order valence-corrected chi connectivity index (χ3v) is 4.51. The van der Waals surface area contributed by atoms with Crippen LogP contribution in [0.5, 0.6) is 0 Å². The number of hydrogen-bond acceptors (Lipinski definition) is 3. The molecule has 0 aliphatic rings. The van der Waals surface area contributed by atoms with E-state index in [1.54, 1.807) is 0 Å². The van der Waals surface area contributed by atoms with Crippen molar-refractivity contribution in [2.45, 2.75) is 12.4 Å². The summed E-state index contributed by atoms with van der Waals surface area (Å²) in [4.78, 5) is 7.89. The molecule has 0 amide bonds. The van der Waals surface area contributed by atoms with Crippen LogP contribution < -0.4 is 5.73 Å². The van der Waals surface area contributed by atoms with Crippen LogP contribution in [0.25, 0.3) is 22.5 Å². The highest BCUT2D eigenvalue weighted by Gasteiger charge is 2.32. The second kappa shape index (κ2) is 7.38. The van der Waals surface area contributed by atoms with E-state index in [0.717, 1.165) is 36.4 Å². The second-order valence-corrected chi connectivity index (χ2v) is 6.70. The minimum absolute atomic E-state index is 0.0854. The lowest BCUT2D eigenvalue weighted by atomic mass is 10.0. The monoisotopic (exact) mass is 451 g/mol. The number of nitrogens with two attached hydrogens (primary N) is 1. The van der Waals surface area contributed by atoms with Crippen LogP contribution in [0.3, 0.4) is 0 Å². The van der Waals surface area contributed by atoms with Gasteiger partial charge >= 0.3 is 12.4 Å². The molecule has 2 N–H and O–H groups in total. The van der Waals surface area contributed by atoms with Crippen LogP contribution in [0.15, 0.2) is 42.5 Å². The molecule has 0 bridgehead atoms. The van der Waals surface area contributed by atoms with Gasteiger partial charge in [-0.2, -0.15) is 26.3 Å². The first kappa shape index (κ1) is 21.2. The van der Waals surface area contributed by atoms with Crippen molar-refractivity contribution in [2.24, 2.45) is 0 Å². The van der Waals surface area contributed by atoms with Gasteiger partial charge in [0.2, 0.25) is 5.95 Å². The number of anilines is 1. The first-order valence-electron chi connectivity index (χ1n) is 7.75. The molecule has 0 saturated carbocycles. The van der Waals surface area contributed by atoms with Crippen molar-refractivity contribution in [3.05, 3.63) is 63.6 Å². The van der Waals surface area contributed by atoms with Gasteiger partial charge in [0.15, 0.2) is 0 Å². The van der Waals surface area contributed by atoms with Gasteiger partial charge in [0.05, 0.1) is 32.6 Å². The predicted molar refractivity (Wildman–Crippen MR) is 97.3 cm³/mol. The van der Waals surface area contributed by atoms with E-state index < -0.39 is 23.5 Å². The fraction of sp³-hybridized carbons (Fsp3) is 0.111. The number of alkyl halides is 6. The van der Waals surface area contributed by atoms with Crippen LogP contribution in [-0.2, 0) is 12.4 Å². The fourth-order valence-corrected chi connectivity index (χ4v) is 3.09. The summed E-state index contributed by atoms with van der Waals surface area (Å²) in [5.74, 6) is -0.260. The quantitative estimate of drug-likeness (QED) is 0.439. The highest BCUT2D eigenvalue weighted by Crippen LogP contribution is 2.38. The number of halogens is 8. The highest BCUT2D eigenvalue weighted by molar-refractivity contribution is 6.34. The van der Waals surface area contributed by atoms with E-state index in [4.69, 9.17) is 28.9 Å². The van der Waals surface area contributed by atoms with Crippen molar-refractivity contribution in [2.75, 3.05) is 5.73 Å². The van der Waals surface area contributed by atoms with Crippen LogP contribution in [0.2, 0.25) is 10.0 Å². The molecule has 11 heteroatoms. The van der Waals surface area contributed by atoms with Gasteiger partial charge in [-0.05, 0) is 30.3 Å². The molecule has 29 heavy (non-hydrogen) atoms. The average molecular weight is 452 g/mol. The zero-order chi connectivity index (χ0) is 21.6. The Labute approximate surface area is 170 Å². The zero-order valence-corrected chi connectivity index (χ0v) is 15.5. The molecule has 1 heterocycles. The number of benzene rings is 2. The van der Waals surface area contributed by atoms with Crippen LogP contribution in [0, 0.1) is 0 Å². The Balaban J connectivity index is 2.08. The molecule has 0 aliphatic heterocycles. The van der Waals surface area contributed by atoms with Crippen molar-refractivity contribution >= 4 is 29.2 Å². The van der Waals surface area contributed by atoms with Gasteiger partial charge in [0.25, 0.3) is 0 Å². The van der Waals surface area contributed by atoms with E-state index in [0.29, 0.717) is 0 Å². The molecular formula is C18H9Cl2F6N3. The lowest BCUT2D eigenvalue weighted by molar-refractivity contribution is -0.138. The molecular weight excluding hydrogens is 443 g/mol. The third-order valence-electron chi connectivity index (χ3n) is 3.89. The molecule has 3 aromatic rings. The van der Waals surface area contributed by atoms with Gasteiger partial charge in [0, 0.05) is 11.1 Å². The molecule has 0 unspecified atom stereocenters. The first-order chi connectivity index (χ1) is 13.4. The van der Waals surface area contributed by atoms with Gasteiger partial charge in [-0.3, -0.25) is 0 Å². The molecule has 3 nitrogen and oxygen atoms in total. The molecule has 0 fully saturated rings. The molecule has 0 atom stereocenters. The molecule has 152 valence electrons. The molecule has 0 saturated heterocycles. The molecule has 3 rings (SSSR count). The van der Waals surface area contributed by atoms with E-state index in [9.17, 15) is 26.3 Å². The second-order valence-electron chi connectivity index (χ2n) is 5.88. The van der Waals surface area contributed by atoms with Crippen LogP contribution >= 0.6 is 23.2 Å². The molecule has 0 radical (unpaired) electrons. The lowest BCUT2D eigenvalue weighted by Gasteiger charge is -2.12. The summed E-state index contributed by atoms with van der Waals surface area (Å²) in [6, 6.07) is 6.67. The van der Waals surface area contributed by atoms with Crippen molar-refractivity contribution in [1.82, 2.24) is 9.97 Å². The Morgan fingerprint density at radius 1 is 0.655 bits per heavy atom. The Hall–Kier alpha value is -2.52. The van der Waals surface area contributed by atoms with E-state index in [1.165, 1.54) is 6.07 Å². The number of hydrogen-bond donors (Lipinski definition) is 1. The highest BCUT2D eigenvalue weighted by atomic mass is 35.5. The fourth-order valence-electron chi connectivity index (χ4n) is 2.54. The van der Waals surface area contributed by atoms with Crippen LogP contribution in [0.4, 0.5) is 32.3 Å². The average Bonchev–Trinajstić information content (AvgIpc) is 2.59. The summed E-state index contributed by atoms with van der Waals surface area (Å²) in [5.41, 5.74) is 4.22. The smallest absolute Gasteiger partial charge is 0.368 e. The summed E-state index contributed by atoms with van der Waals surface area (Å²) in [6.07, 6.45) is -9.16. The van der Waals surface area contributed by atoms with Gasteiger partial charge in [-0.15, -0.1) is 0 Å². The van der Waals surface area contributed by atoms with Gasteiger partial charge in [-0.1, -0.05) is 35.3 Å². The van der Waals surface area contributed by atoms with Gasteiger partial charge < -0.3 is 5.73 Å². The number of nitrogen functional groups attached to an aromatic ring is 1. The van der Waals surface area contributed by atoms with Crippen molar-refractivity contribution in [3.63, 3.8) is 0 Å². The van der Waals surface area contributed by atoms with E-state index in [2.05, 4.69) is 9.97 Å². The van der Waals surface area contributed by atoms with Crippen LogP contribution in [0.1, 0.15) is 11.1 Å². The predicted octanol–water partition coefficient (Wildman–Crippen LogP) is 6.74. The van der Waals surface area contributed by atoms with Crippen molar-refractivity contribution in [3.8, 4) is 22.5 Å². The van der Waals surface area contributed by atoms with Crippen LogP contribution in [-0.4, -0.2) is 9.97 Å². The maximum Gasteiger partial charge on any atom is 0.416 e. The normalized spacial score (nSPS) is 12.3. The standard InChI is InChI=1S/C18H9Cl2F6N3/c19-12-5-8(17(21,22)23)1-3-10(12)14-7-15(29-16(27)28-14)11-4-2-9(6-13(11)20)18(24,25)26/h1-7H,(H2,27,28,29). The molecule has 2 aromatic carbocycles. The summed E-state index contributed by atoms with van der Waals surface area (Å²) in [7, 11) is 0. The number of rotatable bonds is 2. The maximum atomic E-state index is 12.8. The van der Waals surface area contributed by atoms with Crippen molar-refractivity contribution in [1.29, 1.82) is 0 Å². The molecule has 1 aromatic heterocycles. The minimum atomic E-state index is -4.58. The SMILES string of the molecule is Nc1nc(-c2ccc(C(F)(F)F)cc2Cl)cc(-c2ccc(C(F)(F)F)cc2Cl)n1. The molecule has 0 spiro atoms. The minimum Gasteiger partial charge on any atom is -0.368 e. The van der Waals surface area contributed by atoms with E-state index in [1.807, 2.05) is 0 Å².